The SMILES string of the molecule is O=C(/C=C/c1cnc(N[C@@H]2CCCN(Cc3cccc(Cl)c3)C2)cn1)NOC1CCCCO1. The molecule has 0 spiro atoms. The number of hydroxylamine groups is 1. The van der Waals surface area contributed by atoms with E-state index in [0.29, 0.717) is 18.3 Å². The van der Waals surface area contributed by atoms with E-state index in [-0.39, 0.29) is 12.2 Å². The minimum absolute atomic E-state index is 0.304. The molecule has 2 fully saturated rings. The minimum atomic E-state index is -0.373. The average Bonchev–Trinajstić information content (AvgIpc) is 2.83. The van der Waals surface area contributed by atoms with Crippen molar-refractivity contribution in [1.29, 1.82) is 0 Å². The van der Waals surface area contributed by atoms with Gasteiger partial charge in [0.2, 0.25) is 0 Å². The first-order valence-corrected chi connectivity index (χ1v) is 11.8. The van der Waals surface area contributed by atoms with Crippen LogP contribution in [0.25, 0.3) is 6.08 Å². The zero-order valence-corrected chi connectivity index (χ0v) is 19.3. The molecule has 0 bridgehead atoms. The Labute approximate surface area is 199 Å². The Morgan fingerprint density at radius 2 is 2.18 bits per heavy atom. The molecule has 176 valence electrons. The van der Waals surface area contributed by atoms with E-state index >= 15 is 0 Å². The summed E-state index contributed by atoms with van der Waals surface area (Å²) in [6, 6.07) is 8.32. The molecular weight excluding hydrogens is 442 g/mol. The number of aromatic nitrogens is 2. The van der Waals surface area contributed by atoms with Crippen molar-refractivity contribution in [2.75, 3.05) is 25.0 Å². The van der Waals surface area contributed by atoms with Crippen molar-refractivity contribution < 1.29 is 14.4 Å². The zero-order chi connectivity index (χ0) is 22.9. The molecule has 1 aromatic heterocycles. The monoisotopic (exact) mass is 471 g/mol. The number of carbonyl (C=O) groups excluding carboxylic acids is 1. The van der Waals surface area contributed by atoms with Gasteiger partial charge >= 0.3 is 0 Å². The molecule has 1 amide bonds. The first kappa shape index (κ1) is 23.6. The van der Waals surface area contributed by atoms with Crippen LogP contribution in [0.2, 0.25) is 5.02 Å². The van der Waals surface area contributed by atoms with Crippen LogP contribution < -0.4 is 10.8 Å². The maximum atomic E-state index is 11.9. The maximum Gasteiger partial charge on any atom is 0.267 e. The Hall–Kier alpha value is -2.52. The fraction of sp³-hybridized carbons (Fsp3) is 0.458. The fourth-order valence-corrected chi connectivity index (χ4v) is 4.25. The molecule has 2 aliphatic heterocycles. The van der Waals surface area contributed by atoms with Gasteiger partial charge < -0.3 is 10.1 Å². The highest BCUT2D eigenvalue weighted by atomic mass is 35.5. The number of piperidine rings is 1. The summed E-state index contributed by atoms with van der Waals surface area (Å²) in [5.41, 5.74) is 4.20. The van der Waals surface area contributed by atoms with E-state index in [1.54, 1.807) is 18.5 Å². The number of benzene rings is 1. The molecule has 0 aliphatic carbocycles. The second-order valence-electron chi connectivity index (χ2n) is 8.39. The van der Waals surface area contributed by atoms with Crippen LogP contribution in [0.5, 0.6) is 0 Å². The van der Waals surface area contributed by atoms with Gasteiger partial charge in [0.25, 0.3) is 5.91 Å². The highest BCUT2D eigenvalue weighted by molar-refractivity contribution is 6.30. The van der Waals surface area contributed by atoms with Crippen molar-refractivity contribution in [2.45, 2.75) is 51.0 Å². The standard InChI is InChI=1S/C24H30ClN5O3/c25-19-6-3-5-18(13-19)16-30-11-4-7-21(17-30)28-22-15-26-20(14-27-22)9-10-23(31)29-33-24-8-1-2-12-32-24/h3,5-6,9-10,13-15,21,24H,1-2,4,7-8,11-12,16-17H2,(H,27,28)(H,29,31)/b10-9+/t21-,24?/m1/s1. The summed E-state index contributed by atoms with van der Waals surface area (Å²) in [7, 11) is 0. The first-order chi connectivity index (χ1) is 16.1. The molecule has 4 rings (SSSR count). The zero-order valence-electron chi connectivity index (χ0n) is 18.6. The summed E-state index contributed by atoms with van der Waals surface area (Å²) in [6.45, 7) is 3.54. The normalized spacial score (nSPS) is 21.7. The number of nitrogens with one attached hydrogen (secondary N) is 2. The van der Waals surface area contributed by atoms with E-state index in [4.69, 9.17) is 21.2 Å². The third-order valence-corrected chi connectivity index (χ3v) is 5.89. The summed E-state index contributed by atoms with van der Waals surface area (Å²) in [4.78, 5) is 28.4. The summed E-state index contributed by atoms with van der Waals surface area (Å²) in [5.74, 6) is 0.360. The van der Waals surface area contributed by atoms with Crippen LogP contribution in [-0.4, -0.2) is 52.8 Å². The molecule has 0 radical (unpaired) electrons. The van der Waals surface area contributed by atoms with Gasteiger partial charge in [0, 0.05) is 43.3 Å². The minimum Gasteiger partial charge on any atom is -0.365 e. The number of carbonyl (C=O) groups is 1. The molecule has 33 heavy (non-hydrogen) atoms. The topological polar surface area (TPSA) is 88.6 Å². The molecule has 2 aromatic rings. The van der Waals surface area contributed by atoms with Crippen LogP contribution in [0.1, 0.15) is 43.4 Å². The van der Waals surface area contributed by atoms with Crippen molar-refractivity contribution >= 4 is 29.4 Å². The van der Waals surface area contributed by atoms with Gasteiger partial charge in [-0.2, -0.15) is 0 Å². The molecule has 1 aromatic carbocycles. The van der Waals surface area contributed by atoms with Crippen molar-refractivity contribution in [1.82, 2.24) is 20.3 Å². The molecular formula is C24H30ClN5O3. The number of halogens is 1. The molecule has 8 nitrogen and oxygen atoms in total. The van der Waals surface area contributed by atoms with Crippen LogP contribution in [0.15, 0.2) is 42.7 Å². The lowest BCUT2D eigenvalue weighted by atomic mass is 10.0. The van der Waals surface area contributed by atoms with Crippen LogP contribution in [-0.2, 0) is 20.9 Å². The van der Waals surface area contributed by atoms with Gasteiger partial charge in [-0.3, -0.25) is 14.7 Å². The smallest absolute Gasteiger partial charge is 0.267 e. The quantitative estimate of drug-likeness (QED) is 0.447. The average molecular weight is 472 g/mol. The largest absolute Gasteiger partial charge is 0.365 e. The summed E-state index contributed by atoms with van der Waals surface area (Å²) >= 11 is 6.11. The number of anilines is 1. The fourth-order valence-electron chi connectivity index (χ4n) is 4.04. The molecule has 2 N–H and O–H groups in total. The lowest BCUT2D eigenvalue weighted by Gasteiger charge is -2.33. The Bertz CT molecular complexity index is 934. The van der Waals surface area contributed by atoms with E-state index in [0.717, 1.165) is 62.6 Å². The van der Waals surface area contributed by atoms with Gasteiger partial charge in [-0.15, -0.1) is 0 Å². The lowest BCUT2D eigenvalue weighted by Crippen LogP contribution is -2.41. The Kier molecular flexibility index (Phi) is 8.65. The number of ether oxygens (including phenoxy) is 1. The summed E-state index contributed by atoms with van der Waals surface area (Å²) < 4.78 is 5.41. The molecule has 2 saturated heterocycles. The van der Waals surface area contributed by atoms with E-state index in [1.807, 2.05) is 18.2 Å². The predicted octanol–water partition coefficient (Wildman–Crippen LogP) is 3.79. The Balaban J connectivity index is 1.22. The van der Waals surface area contributed by atoms with E-state index < -0.39 is 0 Å². The molecule has 3 heterocycles. The molecule has 2 atom stereocenters. The lowest BCUT2D eigenvalue weighted by molar-refractivity contribution is -0.198. The van der Waals surface area contributed by atoms with E-state index in [2.05, 4.69) is 31.7 Å². The van der Waals surface area contributed by atoms with Crippen molar-refractivity contribution in [3.05, 3.63) is 59.0 Å². The molecule has 2 aliphatic rings. The Morgan fingerprint density at radius 1 is 1.24 bits per heavy atom. The predicted molar refractivity (Wildman–Crippen MR) is 127 cm³/mol. The third kappa shape index (κ3) is 7.78. The van der Waals surface area contributed by atoms with Crippen LogP contribution in [0.4, 0.5) is 5.82 Å². The number of hydrogen-bond donors (Lipinski definition) is 2. The van der Waals surface area contributed by atoms with Gasteiger partial charge in [-0.25, -0.2) is 15.3 Å². The van der Waals surface area contributed by atoms with Crippen LogP contribution in [0, 0.1) is 0 Å². The van der Waals surface area contributed by atoms with Gasteiger partial charge in [0.1, 0.15) is 5.82 Å². The molecule has 1 unspecified atom stereocenters. The molecule has 0 saturated carbocycles. The second-order valence-corrected chi connectivity index (χ2v) is 8.83. The maximum absolute atomic E-state index is 11.9. The Morgan fingerprint density at radius 3 is 2.97 bits per heavy atom. The van der Waals surface area contributed by atoms with Gasteiger partial charge in [0.15, 0.2) is 6.29 Å². The molecule has 9 heteroatoms. The first-order valence-electron chi connectivity index (χ1n) is 11.4. The van der Waals surface area contributed by atoms with E-state index in [1.165, 1.54) is 11.6 Å². The number of amides is 1. The highest BCUT2D eigenvalue weighted by Crippen LogP contribution is 2.18. The van der Waals surface area contributed by atoms with Gasteiger partial charge in [-0.05, 0) is 56.0 Å². The van der Waals surface area contributed by atoms with Crippen molar-refractivity contribution in [3.8, 4) is 0 Å². The van der Waals surface area contributed by atoms with Crippen LogP contribution in [0.3, 0.4) is 0 Å². The second kappa shape index (κ2) is 12.1. The highest BCUT2D eigenvalue weighted by Gasteiger charge is 2.20. The number of likely N-dealkylation sites (tertiary alicyclic amines) is 1. The number of hydrogen-bond acceptors (Lipinski definition) is 7. The van der Waals surface area contributed by atoms with Gasteiger partial charge in [-0.1, -0.05) is 23.7 Å². The summed E-state index contributed by atoms with van der Waals surface area (Å²) in [5, 5.41) is 4.25. The summed E-state index contributed by atoms with van der Waals surface area (Å²) in [6.07, 6.45) is 11.0. The number of rotatable bonds is 8. The number of nitrogens with zero attached hydrogens (tertiary/aromatic N) is 3. The van der Waals surface area contributed by atoms with Crippen LogP contribution >= 0.6 is 11.6 Å². The van der Waals surface area contributed by atoms with Gasteiger partial charge in [0.05, 0.1) is 18.1 Å². The van der Waals surface area contributed by atoms with Crippen molar-refractivity contribution in [3.63, 3.8) is 0 Å². The van der Waals surface area contributed by atoms with E-state index in [9.17, 15) is 4.79 Å². The third-order valence-electron chi connectivity index (χ3n) is 5.66. The van der Waals surface area contributed by atoms with Crippen molar-refractivity contribution in [2.24, 2.45) is 0 Å².